The maximum Gasteiger partial charge on any atom is 0.126 e. The van der Waals surface area contributed by atoms with Crippen molar-refractivity contribution in [1.82, 2.24) is 4.98 Å². The number of fused-ring (bicyclic) bond motifs is 1. The number of hydrogen-bond donors (Lipinski definition) is 1. The lowest BCUT2D eigenvalue weighted by Crippen LogP contribution is -2.11. The number of hydrogen-bond acceptors (Lipinski definition) is 2. The van der Waals surface area contributed by atoms with Crippen LogP contribution < -0.4 is 5.32 Å². The topological polar surface area (TPSA) is 24.9 Å². The minimum atomic E-state index is 0.628. The van der Waals surface area contributed by atoms with Crippen molar-refractivity contribution in [3.05, 3.63) is 59.3 Å². The summed E-state index contributed by atoms with van der Waals surface area (Å²) in [6.45, 7) is 3.00. The van der Waals surface area contributed by atoms with Gasteiger partial charge in [0, 0.05) is 18.2 Å². The van der Waals surface area contributed by atoms with E-state index in [-0.39, 0.29) is 0 Å². The molecule has 2 aromatic rings. The normalized spacial score (nSPS) is 17.5. The summed E-state index contributed by atoms with van der Waals surface area (Å²) in [5.74, 6) is 1.61. The molecule has 0 spiro atoms. The molecule has 18 heavy (non-hydrogen) atoms. The first kappa shape index (κ1) is 11.3. The predicted octanol–water partition coefficient (Wildman–Crippen LogP) is 3.53. The molecule has 0 bridgehead atoms. The molecule has 2 heteroatoms. The van der Waals surface area contributed by atoms with Crippen molar-refractivity contribution >= 4 is 5.82 Å². The van der Waals surface area contributed by atoms with Crippen molar-refractivity contribution in [2.75, 3.05) is 11.9 Å². The number of pyridine rings is 1. The summed E-state index contributed by atoms with van der Waals surface area (Å²) in [5.41, 5.74) is 4.09. The molecule has 1 aromatic carbocycles. The number of benzene rings is 1. The SMILES string of the molecule is Cc1cccc(NCC2CCc3ccccc32)n1. The van der Waals surface area contributed by atoms with Crippen LogP contribution in [0, 0.1) is 6.92 Å². The predicted molar refractivity (Wildman–Crippen MR) is 75.0 cm³/mol. The summed E-state index contributed by atoms with van der Waals surface area (Å²) < 4.78 is 0. The molecule has 1 N–H and O–H groups in total. The van der Waals surface area contributed by atoms with Crippen molar-refractivity contribution in [3.63, 3.8) is 0 Å². The van der Waals surface area contributed by atoms with E-state index in [0.717, 1.165) is 18.1 Å². The van der Waals surface area contributed by atoms with Crippen LogP contribution in [-0.2, 0) is 6.42 Å². The van der Waals surface area contributed by atoms with Gasteiger partial charge in [-0.05, 0) is 43.0 Å². The van der Waals surface area contributed by atoms with Gasteiger partial charge in [0.25, 0.3) is 0 Å². The molecule has 1 aromatic heterocycles. The Labute approximate surface area is 108 Å². The largest absolute Gasteiger partial charge is 0.369 e. The van der Waals surface area contributed by atoms with Gasteiger partial charge in [-0.3, -0.25) is 0 Å². The molecule has 1 aliphatic carbocycles. The first-order chi connectivity index (χ1) is 8.83. The summed E-state index contributed by atoms with van der Waals surface area (Å²) in [6, 6.07) is 14.9. The quantitative estimate of drug-likeness (QED) is 0.884. The molecule has 1 heterocycles. The van der Waals surface area contributed by atoms with Crippen molar-refractivity contribution in [2.45, 2.75) is 25.7 Å². The zero-order valence-electron chi connectivity index (χ0n) is 10.7. The van der Waals surface area contributed by atoms with E-state index in [2.05, 4.69) is 34.6 Å². The minimum absolute atomic E-state index is 0.628. The summed E-state index contributed by atoms with van der Waals surface area (Å²) in [4.78, 5) is 4.48. The molecule has 1 unspecified atom stereocenters. The lowest BCUT2D eigenvalue weighted by atomic mass is 10.0. The third-order valence-corrected chi connectivity index (χ3v) is 3.67. The van der Waals surface area contributed by atoms with Crippen LogP contribution in [0.1, 0.15) is 29.2 Å². The van der Waals surface area contributed by atoms with Gasteiger partial charge in [0.15, 0.2) is 0 Å². The van der Waals surface area contributed by atoms with Crippen molar-refractivity contribution in [1.29, 1.82) is 0 Å². The molecule has 92 valence electrons. The van der Waals surface area contributed by atoms with Crippen LogP contribution in [0.3, 0.4) is 0 Å². The molecule has 1 atom stereocenters. The van der Waals surface area contributed by atoms with Gasteiger partial charge in [-0.1, -0.05) is 30.3 Å². The van der Waals surface area contributed by atoms with Gasteiger partial charge in [0.2, 0.25) is 0 Å². The highest BCUT2D eigenvalue weighted by Crippen LogP contribution is 2.32. The Hall–Kier alpha value is -1.83. The highest BCUT2D eigenvalue weighted by atomic mass is 15.0. The zero-order valence-corrected chi connectivity index (χ0v) is 10.7. The Balaban J connectivity index is 1.69. The van der Waals surface area contributed by atoms with Crippen LogP contribution in [0.5, 0.6) is 0 Å². The third kappa shape index (κ3) is 2.23. The second-order valence-corrected chi connectivity index (χ2v) is 4.98. The van der Waals surface area contributed by atoms with Crippen LogP contribution in [0.2, 0.25) is 0 Å². The van der Waals surface area contributed by atoms with Crippen LogP contribution in [-0.4, -0.2) is 11.5 Å². The number of rotatable bonds is 3. The highest BCUT2D eigenvalue weighted by molar-refractivity contribution is 5.39. The van der Waals surface area contributed by atoms with E-state index < -0.39 is 0 Å². The molecule has 0 saturated carbocycles. The monoisotopic (exact) mass is 238 g/mol. The standard InChI is InChI=1S/C16H18N2/c1-12-5-4-8-16(18-12)17-11-14-10-9-13-6-2-3-7-15(13)14/h2-8,14H,9-11H2,1H3,(H,17,18). The molecule has 2 nitrogen and oxygen atoms in total. The summed E-state index contributed by atoms with van der Waals surface area (Å²) in [5, 5.41) is 3.46. The molecular weight excluding hydrogens is 220 g/mol. The van der Waals surface area contributed by atoms with Gasteiger partial charge >= 0.3 is 0 Å². The average molecular weight is 238 g/mol. The van der Waals surface area contributed by atoms with Crippen molar-refractivity contribution in [2.24, 2.45) is 0 Å². The lowest BCUT2D eigenvalue weighted by Gasteiger charge is -2.13. The Bertz CT molecular complexity index is 548. The van der Waals surface area contributed by atoms with Gasteiger partial charge in [0.05, 0.1) is 0 Å². The minimum Gasteiger partial charge on any atom is -0.369 e. The summed E-state index contributed by atoms with van der Waals surface area (Å²) >= 11 is 0. The molecule has 0 amide bonds. The fourth-order valence-corrected chi connectivity index (χ4v) is 2.73. The molecule has 0 radical (unpaired) electrons. The van der Waals surface area contributed by atoms with E-state index in [1.165, 1.54) is 24.0 Å². The zero-order chi connectivity index (χ0) is 12.4. The summed E-state index contributed by atoms with van der Waals surface area (Å²) in [7, 11) is 0. The fraction of sp³-hybridized carbons (Fsp3) is 0.312. The average Bonchev–Trinajstić information content (AvgIpc) is 2.80. The Morgan fingerprint density at radius 3 is 2.94 bits per heavy atom. The maximum absolute atomic E-state index is 4.48. The molecular formula is C16H18N2. The molecule has 0 fully saturated rings. The van der Waals surface area contributed by atoms with Crippen molar-refractivity contribution in [3.8, 4) is 0 Å². The molecule has 1 aliphatic rings. The lowest BCUT2D eigenvalue weighted by molar-refractivity contribution is 0.707. The van der Waals surface area contributed by atoms with E-state index in [9.17, 15) is 0 Å². The number of anilines is 1. The molecule has 0 aliphatic heterocycles. The maximum atomic E-state index is 4.48. The number of aromatic nitrogens is 1. The number of aryl methyl sites for hydroxylation is 2. The smallest absolute Gasteiger partial charge is 0.126 e. The Morgan fingerprint density at radius 2 is 2.06 bits per heavy atom. The number of nitrogens with zero attached hydrogens (tertiary/aromatic N) is 1. The van der Waals surface area contributed by atoms with Crippen LogP contribution >= 0.6 is 0 Å². The van der Waals surface area contributed by atoms with Crippen LogP contribution in [0.25, 0.3) is 0 Å². The van der Waals surface area contributed by atoms with E-state index in [1.54, 1.807) is 0 Å². The fourth-order valence-electron chi connectivity index (χ4n) is 2.73. The van der Waals surface area contributed by atoms with Crippen molar-refractivity contribution < 1.29 is 0 Å². The number of nitrogens with one attached hydrogen (secondary N) is 1. The third-order valence-electron chi connectivity index (χ3n) is 3.67. The van der Waals surface area contributed by atoms with E-state index in [0.29, 0.717) is 5.92 Å². The van der Waals surface area contributed by atoms with E-state index in [1.807, 2.05) is 25.1 Å². The summed E-state index contributed by atoms with van der Waals surface area (Å²) in [6.07, 6.45) is 2.46. The van der Waals surface area contributed by atoms with E-state index in [4.69, 9.17) is 0 Å². The second-order valence-electron chi connectivity index (χ2n) is 4.98. The first-order valence-electron chi connectivity index (χ1n) is 6.58. The highest BCUT2D eigenvalue weighted by Gasteiger charge is 2.21. The first-order valence-corrected chi connectivity index (χ1v) is 6.58. The van der Waals surface area contributed by atoms with Gasteiger partial charge in [-0.25, -0.2) is 4.98 Å². The Kier molecular flexibility index (Phi) is 3.01. The van der Waals surface area contributed by atoms with Gasteiger partial charge in [-0.15, -0.1) is 0 Å². The van der Waals surface area contributed by atoms with Gasteiger partial charge in [-0.2, -0.15) is 0 Å². The Morgan fingerprint density at radius 1 is 1.17 bits per heavy atom. The van der Waals surface area contributed by atoms with Crippen LogP contribution in [0.4, 0.5) is 5.82 Å². The van der Waals surface area contributed by atoms with Gasteiger partial charge < -0.3 is 5.32 Å². The van der Waals surface area contributed by atoms with Crippen LogP contribution in [0.15, 0.2) is 42.5 Å². The van der Waals surface area contributed by atoms with Gasteiger partial charge in [0.1, 0.15) is 5.82 Å². The van der Waals surface area contributed by atoms with E-state index >= 15 is 0 Å². The molecule has 3 rings (SSSR count). The molecule has 0 saturated heterocycles. The second kappa shape index (κ2) is 4.81.